The first-order chi connectivity index (χ1) is 9.58. The van der Waals surface area contributed by atoms with Crippen LogP contribution in [0.1, 0.15) is 0 Å². The van der Waals surface area contributed by atoms with E-state index >= 15 is 0 Å². The molecule has 2 rings (SSSR count). The quantitative estimate of drug-likeness (QED) is 0.343. The summed E-state index contributed by atoms with van der Waals surface area (Å²) < 4.78 is 5.25. The number of aromatic nitrogens is 1. The fraction of sp³-hybridized carbons (Fsp3) is 0.455. The van der Waals surface area contributed by atoms with Crippen LogP contribution in [0, 0.1) is 0 Å². The van der Waals surface area contributed by atoms with Gasteiger partial charge in [0, 0.05) is 6.20 Å². The van der Waals surface area contributed by atoms with Crippen LogP contribution < -0.4 is 16.4 Å². The van der Waals surface area contributed by atoms with Gasteiger partial charge >= 0.3 is 0 Å². The van der Waals surface area contributed by atoms with Gasteiger partial charge in [-0.2, -0.15) is 0 Å². The van der Waals surface area contributed by atoms with Crippen molar-refractivity contribution in [2.24, 2.45) is 0 Å². The molecule has 110 valence electrons. The van der Waals surface area contributed by atoms with Crippen molar-refractivity contribution in [3.63, 3.8) is 0 Å². The Bertz CT molecular complexity index is 486. The summed E-state index contributed by atoms with van der Waals surface area (Å²) in [6.45, 7) is -0.430. The lowest BCUT2D eigenvalue weighted by atomic mass is 10.1. The molecule has 1 aromatic rings. The van der Waals surface area contributed by atoms with E-state index < -0.39 is 31.1 Å². The summed E-state index contributed by atoms with van der Waals surface area (Å²) in [4.78, 5) is 14.5. The van der Waals surface area contributed by atoms with Gasteiger partial charge in [0.2, 0.25) is 6.41 Å². The maximum absolute atomic E-state index is 10.6. The number of aliphatic hydroxyl groups excluding tert-OH is 3. The summed E-state index contributed by atoms with van der Waals surface area (Å²) in [7, 11) is 0. The van der Waals surface area contributed by atoms with Crippen LogP contribution >= 0.6 is 0 Å². The number of pyridine rings is 1. The second-order valence-corrected chi connectivity index (χ2v) is 4.29. The molecule has 1 amide bonds. The largest absolute Gasteiger partial charge is 0.397 e. The molecule has 0 aliphatic carbocycles. The van der Waals surface area contributed by atoms with Crippen LogP contribution in [0.4, 0.5) is 17.2 Å². The molecule has 1 aliphatic heterocycles. The maximum Gasteiger partial charge on any atom is 0.211 e. The van der Waals surface area contributed by atoms with E-state index in [9.17, 15) is 15.0 Å². The van der Waals surface area contributed by atoms with Crippen LogP contribution in [0.3, 0.4) is 0 Å². The molecule has 1 unspecified atom stereocenters. The molecule has 7 N–H and O–H groups in total. The number of hydrogen-bond donors (Lipinski definition) is 6. The highest BCUT2D eigenvalue weighted by Gasteiger charge is 2.42. The summed E-state index contributed by atoms with van der Waals surface area (Å²) >= 11 is 0. The van der Waals surface area contributed by atoms with Gasteiger partial charge in [0.1, 0.15) is 24.0 Å². The van der Waals surface area contributed by atoms with Crippen molar-refractivity contribution in [3.05, 3.63) is 12.3 Å². The molecule has 20 heavy (non-hydrogen) atoms. The van der Waals surface area contributed by atoms with Gasteiger partial charge in [-0.1, -0.05) is 0 Å². The van der Waals surface area contributed by atoms with Gasteiger partial charge in [-0.25, -0.2) is 4.98 Å². The zero-order valence-electron chi connectivity index (χ0n) is 10.4. The van der Waals surface area contributed by atoms with Gasteiger partial charge < -0.3 is 36.4 Å². The van der Waals surface area contributed by atoms with Crippen LogP contribution in [0.25, 0.3) is 0 Å². The molecule has 0 radical (unpaired) electrons. The predicted molar refractivity (Wildman–Crippen MR) is 69.7 cm³/mol. The molecular formula is C11H16N4O5. The number of carbonyl (C=O) groups excluding carboxylic acids is 1. The number of nitrogens with one attached hydrogen (secondary N) is 2. The zero-order valence-corrected chi connectivity index (χ0v) is 10.4. The highest BCUT2D eigenvalue weighted by molar-refractivity contribution is 5.87. The Hall–Kier alpha value is -1.94. The number of ether oxygens (including phenoxy) is 1. The molecule has 9 heteroatoms. The summed E-state index contributed by atoms with van der Waals surface area (Å²) in [6.07, 6.45) is -2.50. The molecule has 1 fully saturated rings. The fourth-order valence-electron chi connectivity index (χ4n) is 1.95. The molecule has 2 heterocycles. The fourth-order valence-corrected chi connectivity index (χ4v) is 1.95. The van der Waals surface area contributed by atoms with E-state index in [0.29, 0.717) is 6.41 Å². The van der Waals surface area contributed by atoms with Gasteiger partial charge in [-0.3, -0.25) is 4.79 Å². The van der Waals surface area contributed by atoms with Crippen molar-refractivity contribution >= 4 is 23.6 Å². The third-order valence-electron chi connectivity index (χ3n) is 3.01. The van der Waals surface area contributed by atoms with Crippen LogP contribution in [-0.2, 0) is 9.53 Å². The Morgan fingerprint density at radius 2 is 2.20 bits per heavy atom. The minimum Gasteiger partial charge on any atom is -0.397 e. The number of nitrogens with two attached hydrogens (primary N) is 1. The second kappa shape index (κ2) is 6.01. The third kappa shape index (κ3) is 2.65. The molecule has 0 aromatic carbocycles. The van der Waals surface area contributed by atoms with Crippen LogP contribution in [0.2, 0.25) is 0 Å². The van der Waals surface area contributed by atoms with E-state index in [0.717, 1.165) is 0 Å². The average molecular weight is 284 g/mol. The molecule has 1 aliphatic rings. The lowest BCUT2D eigenvalue weighted by Gasteiger charge is -2.19. The van der Waals surface area contributed by atoms with Crippen molar-refractivity contribution in [2.45, 2.75) is 24.5 Å². The number of hydrogen-bond acceptors (Lipinski definition) is 8. The molecule has 0 spiro atoms. The van der Waals surface area contributed by atoms with Gasteiger partial charge in [0.05, 0.1) is 12.3 Å². The topological polar surface area (TPSA) is 150 Å². The molecule has 1 saturated heterocycles. The number of rotatable bonds is 5. The van der Waals surface area contributed by atoms with Crippen LogP contribution in [0.5, 0.6) is 0 Å². The Kier molecular flexibility index (Phi) is 4.35. The first kappa shape index (κ1) is 14.5. The molecular weight excluding hydrogens is 268 g/mol. The highest BCUT2D eigenvalue weighted by Crippen LogP contribution is 2.29. The monoisotopic (exact) mass is 284 g/mol. The summed E-state index contributed by atoms with van der Waals surface area (Å²) in [5.74, 6) is 0.187. The van der Waals surface area contributed by atoms with Crippen LogP contribution in [0.15, 0.2) is 12.3 Å². The smallest absolute Gasteiger partial charge is 0.211 e. The lowest BCUT2D eigenvalue weighted by Crippen LogP contribution is -2.36. The number of aliphatic hydroxyl groups is 3. The summed E-state index contributed by atoms with van der Waals surface area (Å²) in [5.41, 5.74) is 6.22. The van der Waals surface area contributed by atoms with E-state index in [1.165, 1.54) is 12.3 Å². The van der Waals surface area contributed by atoms with E-state index in [1.807, 2.05) is 0 Å². The molecule has 1 aromatic heterocycles. The number of amides is 1. The van der Waals surface area contributed by atoms with Gasteiger partial charge in [-0.05, 0) is 6.07 Å². The number of nitrogen functional groups attached to an aromatic ring is 1. The number of nitrogens with zero attached hydrogens (tertiary/aromatic N) is 1. The molecule has 9 nitrogen and oxygen atoms in total. The molecule has 0 bridgehead atoms. The van der Waals surface area contributed by atoms with Crippen LogP contribution in [-0.4, -0.2) is 57.9 Å². The molecule has 0 saturated carbocycles. The first-order valence-corrected chi connectivity index (χ1v) is 5.92. The average Bonchev–Trinajstić information content (AvgIpc) is 2.70. The number of carbonyl (C=O) groups is 1. The standard InChI is InChI=1S/C11H16N4O5/c12-5-1-2-13-10(7(5)14-4-17)15-11-9(19)8(18)6(3-16)20-11/h1-2,4,6,8-9,11,16,18-19H,3H2,(H,14,17)(H3,12,13,15)/t6-,8-,9-,11?/m1/s1. The van der Waals surface area contributed by atoms with Crippen molar-refractivity contribution in [1.82, 2.24) is 4.98 Å². The summed E-state index contributed by atoms with van der Waals surface area (Å²) in [5, 5.41) is 33.6. The highest BCUT2D eigenvalue weighted by atomic mass is 16.6. The van der Waals surface area contributed by atoms with E-state index in [2.05, 4.69) is 15.6 Å². The van der Waals surface area contributed by atoms with E-state index in [4.69, 9.17) is 15.6 Å². The number of anilines is 3. The Morgan fingerprint density at radius 1 is 1.45 bits per heavy atom. The summed E-state index contributed by atoms with van der Waals surface area (Å²) in [6, 6.07) is 1.49. The van der Waals surface area contributed by atoms with Gasteiger partial charge in [-0.15, -0.1) is 0 Å². The third-order valence-corrected chi connectivity index (χ3v) is 3.01. The minimum atomic E-state index is -1.25. The normalized spacial score (nSPS) is 29.1. The van der Waals surface area contributed by atoms with Crippen molar-refractivity contribution in [2.75, 3.05) is 23.0 Å². The van der Waals surface area contributed by atoms with Crippen molar-refractivity contribution in [3.8, 4) is 0 Å². The zero-order chi connectivity index (χ0) is 14.7. The van der Waals surface area contributed by atoms with Crippen molar-refractivity contribution < 1.29 is 24.9 Å². The van der Waals surface area contributed by atoms with Gasteiger partial charge in [0.15, 0.2) is 12.0 Å². The Morgan fingerprint density at radius 3 is 2.80 bits per heavy atom. The van der Waals surface area contributed by atoms with Crippen molar-refractivity contribution in [1.29, 1.82) is 0 Å². The Balaban J connectivity index is 2.18. The second-order valence-electron chi connectivity index (χ2n) is 4.29. The SMILES string of the molecule is Nc1ccnc(NC2O[C@H](CO)[C@@H](O)[C@H]2O)c1NC=O. The minimum absolute atomic E-state index is 0.187. The predicted octanol–water partition coefficient (Wildman–Crippen LogP) is -1.92. The lowest BCUT2D eigenvalue weighted by molar-refractivity contribution is -0.105. The molecule has 4 atom stereocenters. The van der Waals surface area contributed by atoms with Gasteiger partial charge in [0.25, 0.3) is 0 Å². The maximum atomic E-state index is 10.6. The Labute approximate surface area is 114 Å². The first-order valence-electron chi connectivity index (χ1n) is 5.92. The van der Waals surface area contributed by atoms with E-state index in [1.54, 1.807) is 0 Å². The van der Waals surface area contributed by atoms with E-state index in [-0.39, 0.29) is 17.2 Å².